The summed E-state index contributed by atoms with van der Waals surface area (Å²) in [5.74, 6) is -12.8. The van der Waals surface area contributed by atoms with Gasteiger partial charge in [0.25, 0.3) is 0 Å². The van der Waals surface area contributed by atoms with E-state index in [1.165, 1.54) is 25.8 Å². The van der Waals surface area contributed by atoms with Gasteiger partial charge in [-0.15, -0.1) is 0 Å². The van der Waals surface area contributed by atoms with Gasteiger partial charge in [-0.2, -0.15) is 0 Å². The molecule has 0 aliphatic carbocycles. The number of halogens is 5. The van der Waals surface area contributed by atoms with Crippen molar-refractivity contribution < 1.29 is 34.9 Å². The van der Waals surface area contributed by atoms with Crippen LogP contribution in [0.25, 0.3) is 0 Å². The van der Waals surface area contributed by atoms with E-state index in [2.05, 4.69) is 120 Å². The monoisotopic (exact) mass is 622 g/mol. The zero-order valence-electron chi connectivity index (χ0n) is 23.9. The Kier molecular flexibility index (Phi) is 9.96. The van der Waals surface area contributed by atoms with Crippen molar-refractivity contribution >= 4 is 21.0 Å². The molecule has 4 rings (SSSR count). The van der Waals surface area contributed by atoms with E-state index in [9.17, 15) is 34.9 Å². The third-order valence-corrected chi connectivity index (χ3v) is 9.40. The average molecular weight is 623 g/mol. The first kappa shape index (κ1) is 33.3. The molecule has 0 radical (unpaired) electrons. The van der Waals surface area contributed by atoms with Gasteiger partial charge in [-0.1, -0.05) is 84.0 Å². The van der Waals surface area contributed by atoms with Gasteiger partial charge in [0.1, 0.15) is 15.0 Å². The second-order valence-corrected chi connectivity index (χ2v) is 14.9. The lowest BCUT2D eigenvalue weighted by molar-refractivity contribution is 0.350. The highest BCUT2D eigenvalue weighted by atomic mass is 32.2. The number of hydrogen-bond acceptors (Lipinski definition) is 3. The lowest BCUT2D eigenvalue weighted by Gasteiger charge is -2.20. The summed E-state index contributed by atoms with van der Waals surface area (Å²) in [6, 6.07) is 29.3. The summed E-state index contributed by atoms with van der Waals surface area (Å²) in [6.07, 6.45) is 0. The molecule has 0 amide bonds. The van der Waals surface area contributed by atoms with Crippen molar-refractivity contribution in [2.45, 2.75) is 72.0 Å². The van der Waals surface area contributed by atoms with Crippen molar-refractivity contribution in [3.05, 3.63) is 119 Å². The Morgan fingerprint density at radius 1 is 0.524 bits per heavy atom. The maximum absolute atomic E-state index is 12.6. The second-order valence-electron chi connectivity index (χ2n) is 11.5. The van der Waals surface area contributed by atoms with E-state index >= 15 is 0 Å². The standard InChI is InChI=1S/C26H31S.C6HF5O3S/c1-25(2,3)20-12-16-23(17-13-20)27(22-10-8-7-9-11-22)24-18-14-21(15-19-24)26(4,5)6;7-1-2(8)4(10)6(15(12,13)14)5(11)3(1)9/h7-19H,1-6H3;(H,12,13,14)/q+1;/p-1. The van der Waals surface area contributed by atoms with E-state index in [1.54, 1.807) is 0 Å². The van der Waals surface area contributed by atoms with E-state index < -0.39 is 44.1 Å². The molecule has 0 saturated carbocycles. The smallest absolute Gasteiger partial charge is 0.200 e. The van der Waals surface area contributed by atoms with Gasteiger partial charge in [0.05, 0.1) is 10.9 Å². The number of hydrogen-bond donors (Lipinski definition) is 0. The molecule has 4 aromatic rings. The van der Waals surface area contributed by atoms with Gasteiger partial charge in [-0.05, 0) is 58.4 Å². The molecule has 0 saturated heterocycles. The fourth-order valence-electron chi connectivity index (χ4n) is 3.95. The molecule has 0 aliphatic heterocycles. The Balaban J connectivity index is 0.000000274. The quantitative estimate of drug-likeness (QED) is 0.0753. The van der Waals surface area contributed by atoms with Crippen LogP contribution < -0.4 is 0 Å². The van der Waals surface area contributed by atoms with E-state index in [-0.39, 0.29) is 21.7 Å². The predicted octanol–water partition coefficient (Wildman–Crippen LogP) is 8.66. The molecule has 224 valence electrons. The molecule has 0 heterocycles. The molecule has 0 atom stereocenters. The maximum atomic E-state index is 12.6. The molecule has 3 nitrogen and oxygen atoms in total. The molecule has 0 aliphatic rings. The van der Waals surface area contributed by atoms with Crippen molar-refractivity contribution in [3.8, 4) is 0 Å². The minimum Gasteiger partial charge on any atom is -0.744 e. The summed E-state index contributed by atoms with van der Waals surface area (Å²) in [5.41, 5.74) is 3.12. The Morgan fingerprint density at radius 3 is 1.14 bits per heavy atom. The van der Waals surface area contributed by atoms with Gasteiger partial charge in [-0.25, -0.2) is 30.4 Å². The van der Waals surface area contributed by atoms with Crippen LogP contribution in [0.2, 0.25) is 0 Å². The molecule has 0 spiro atoms. The van der Waals surface area contributed by atoms with Crippen molar-refractivity contribution in [1.82, 2.24) is 0 Å². The SMILES string of the molecule is CC(C)(C)c1ccc([S+](c2ccccc2)c2ccc(C(C)(C)C)cc2)cc1.O=S(=O)([O-])c1c(F)c(F)c(F)c(F)c1F. The minimum atomic E-state index is -5.77. The molecular formula is C32H31F5O3S2. The highest BCUT2D eigenvalue weighted by Crippen LogP contribution is 2.34. The number of benzene rings is 4. The van der Waals surface area contributed by atoms with E-state index in [0.717, 1.165) is 0 Å². The molecule has 10 heteroatoms. The first-order valence-electron chi connectivity index (χ1n) is 12.8. The van der Waals surface area contributed by atoms with Crippen LogP contribution in [-0.4, -0.2) is 13.0 Å². The summed E-state index contributed by atoms with van der Waals surface area (Å²) in [5, 5.41) is 0. The van der Waals surface area contributed by atoms with Gasteiger partial charge >= 0.3 is 0 Å². The summed E-state index contributed by atoms with van der Waals surface area (Å²) in [4.78, 5) is 1.74. The summed E-state index contributed by atoms with van der Waals surface area (Å²) >= 11 is 0. The minimum absolute atomic E-state index is 0.0847. The van der Waals surface area contributed by atoms with Crippen molar-refractivity contribution in [2.75, 3.05) is 0 Å². The Morgan fingerprint density at radius 2 is 0.833 bits per heavy atom. The lowest BCUT2D eigenvalue weighted by atomic mass is 9.87. The number of rotatable bonds is 4. The van der Waals surface area contributed by atoms with Gasteiger partial charge in [0, 0.05) is 0 Å². The van der Waals surface area contributed by atoms with Gasteiger partial charge in [-0.3, -0.25) is 0 Å². The Bertz CT molecular complexity index is 1560. The summed E-state index contributed by atoms with van der Waals surface area (Å²) < 4.78 is 92.9. The topological polar surface area (TPSA) is 57.2 Å². The van der Waals surface area contributed by atoms with Crippen molar-refractivity contribution in [3.63, 3.8) is 0 Å². The van der Waals surface area contributed by atoms with Crippen LogP contribution in [-0.2, 0) is 31.8 Å². The Labute approximate surface area is 246 Å². The van der Waals surface area contributed by atoms with Crippen LogP contribution in [0.4, 0.5) is 22.0 Å². The van der Waals surface area contributed by atoms with Crippen LogP contribution in [0, 0.1) is 29.1 Å². The predicted molar refractivity (Wildman–Crippen MR) is 153 cm³/mol. The lowest BCUT2D eigenvalue weighted by Crippen LogP contribution is -2.12. The molecule has 42 heavy (non-hydrogen) atoms. The molecule has 0 bridgehead atoms. The molecule has 0 aromatic heterocycles. The molecular weight excluding hydrogens is 591 g/mol. The van der Waals surface area contributed by atoms with Crippen LogP contribution in [0.3, 0.4) is 0 Å². The van der Waals surface area contributed by atoms with Crippen LogP contribution in [0.5, 0.6) is 0 Å². The first-order valence-corrected chi connectivity index (χ1v) is 15.4. The van der Waals surface area contributed by atoms with Gasteiger partial charge in [0.2, 0.25) is 5.82 Å². The van der Waals surface area contributed by atoms with Crippen molar-refractivity contribution in [1.29, 1.82) is 0 Å². The third kappa shape index (κ3) is 7.59. The van der Waals surface area contributed by atoms with Crippen LogP contribution in [0.15, 0.2) is 98.4 Å². The zero-order chi connectivity index (χ0) is 31.6. The largest absolute Gasteiger partial charge is 0.744 e. The average Bonchev–Trinajstić information content (AvgIpc) is 2.91. The van der Waals surface area contributed by atoms with E-state index in [0.29, 0.717) is 0 Å². The summed E-state index contributed by atoms with van der Waals surface area (Å²) in [6.45, 7) is 13.6. The van der Waals surface area contributed by atoms with E-state index in [1.807, 2.05) is 0 Å². The molecule has 0 fully saturated rings. The maximum Gasteiger partial charge on any atom is 0.200 e. The van der Waals surface area contributed by atoms with Gasteiger partial charge < -0.3 is 4.55 Å². The third-order valence-electron chi connectivity index (χ3n) is 6.31. The van der Waals surface area contributed by atoms with Gasteiger partial charge in [0.15, 0.2) is 38.0 Å². The normalized spacial score (nSPS) is 12.2. The van der Waals surface area contributed by atoms with E-state index in [4.69, 9.17) is 0 Å². The highest BCUT2D eigenvalue weighted by Gasteiger charge is 2.30. The Hall–Kier alpha value is -3.21. The van der Waals surface area contributed by atoms with Crippen molar-refractivity contribution in [2.24, 2.45) is 0 Å². The molecule has 0 N–H and O–H groups in total. The fourth-order valence-corrected chi connectivity index (χ4v) is 6.63. The molecule has 0 unspecified atom stereocenters. The van der Waals surface area contributed by atoms with Crippen LogP contribution in [0.1, 0.15) is 52.7 Å². The second kappa shape index (κ2) is 12.6. The molecule has 4 aromatic carbocycles. The first-order chi connectivity index (χ1) is 19.3. The summed E-state index contributed by atoms with van der Waals surface area (Å²) in [7, 11) is -5.86. The zero-order valence-corrected chi connectivity index (χ0v) is 25.6. The fraction of sp³-hybridized carbons (Fsp3) is 0.250. The highest BCUT2D eigenvalue weighted by molar-refractivity contribution is 7.97. The van der Waals surface area contributed by atoms with Crippen LogP contribution >= 0.6 is 0 Å².